The van der Waals surface area contributed by atoms with Crippen LogP contribution in [0.3, 0.4) is 0 Å². The number of hydrogen-bond donors (Lipinski definition) is 3. The Kier molecular flexibility index (Phi) is 6.85. The van der Waals surface area contributed by atoms with Crippen LogP contribution >= 0.6 is 12.4 Å². The number of halogens is 1. The first kappa shape index (κ1) is 19.7. The molecule has 0 aromatic heterocycles. The lowest BCUT2D eigenvalue weighted by molar-refractivity contribution is -0.117. The molecule has 0 spiro atoms. The molecular formula is C19H28ClN3O2. The summed E-state index contributed by atoms with van der Waals surface area (Å²) >= 11 is 0. The lowest BCUT2D eigenvalue weighted by atomic mass is 9.84. The van der Waals surface area contributed by atoms with Crippen molar-refractivity contribution in [3.05, 3.63) is 29.8 Å². The van der Waals surface area contributed by atoms with E-state index in [0.717, 1.165) is 31.4 Å². The number of hydrogen-bond acceptors (Lipinski definition) is 3. The number of carbonyl (C=O) groups is 2. The van der Waals surface area contributed by atoms with E-state index in [0.29, 0.717) is 23.9 Å². The molecular weight excluding hydrogens is 338 g/mol. The highest BCUT2D eigenvalue weighted by Gasteiger charge is 2.39. The molecule has 4 atom stereocenters. The standard InChI is InChI=1S/C19H27N3O2.ClH/c1-12-10-16(12)19(24)21-15-8-6-13(7-9-15)18(23)22-17-5-3-2-4-14(17)11-20;/h6-9,12,14,16-17H,2-5,10-11,20H2,1H3,(H,21,24)(H,22,23);1H. The average molecular weight is 366 g/mol. The molecule has 2 saturated carbocycles. The van der Waals surface area contributed by atoms with Crippen LogP contribution in [0.1, 0.15) is 49.4 Å². The van der Waals surface area contributed by atoms with Gasteiger partial charge in [0.05, 0.1) is 0 Å². The molecule has 1 aromatic rings. The SMILES string of the molecule is CC1CC1C(=O)Nc1ccc(C(=O)NC2CCCCC2CN)cc1.Cl. The number of amides is 2. The van der Waals surface area contributed by atoms with Crippen molar-refractivity contribution >= 4 is 29.9 Å². The number of rotatable bonds is 5. The van der Waals surface area contributed by atoms with Gasteiger partial charge >= 0.3 is 0 Å². The van der Waals surface area contributed by atoms with Gasteiger partial charge in [-0.25, -0.2) is 0 Å². The minimum atomic E-state index is -0.0611. The van der Waals surface area contributed by atoms with E-state index in [1.807, 2.05) is 0 Å². The summed E-state index contributed by atoms with van der Waals surface area (Å²) in [6, 6.07) is 7.29. The van der Waals surface area contributed by atoms with Crippen molar-refractivity contribution in [3.8, 4) is 0 Å². The Balaban J connectivity index is 0.00000225. The molecule has 5 nitrogen and oxygen atoms in total. The fourth-order valence-corrected chi connectivity index (χ4v) is 3.56. The predicted octanol–water partition coefficient (Wildman–Crippen LogP) is 2.95. The molecule has 0 aliphatic heterocycles. The zero-order valence-electron chi connectivity index (χ0n) is 14.7. The van der Waals surface area contributed by atoms with Crippen LogP contribution < -0.4 is 16.4 Å². The van der Waals surface area contributed by atoms with Crippen molar-refractivity contribution in [3.63, 3.8) is 0 Å². The molecule has 4 N–H and O–H groups in total. The molecule has 1 aromatic carbocycles. The van der Waals surface area contributed by atoms with Crippen LogP contribution in [0.5, 0.6) is 0 Å². The Bertz CT molecular complexity index is 605. The van der Waals surface area contributed by atoms with Gasteiger partial charge in [0.25, 0.3) is 5.91 Å². The molecule has 3 rings (SSSR count). The highest BCUT2D eigenvalue weighted by atomic mass is 35.5. The minimum Gasteiger partial charge on any atom is -0.349 e. The summed E-state index contributed by atoms with van der Waals surface area (Å²) in [5.41, 5.74) is 7.19. The molecule has 2 aliphatic carbocycles. The third-order valence-corrected chi connectivity index (χ3v) is 5.39. The Morgan fingerprint density at radius 2 is 1.80 bits per heavy atom. The van der Waals surface area contributed by atoms with Gasteiger partial charge in [-0.3, -0.25) is 9.59 Å². The first-order chi connectivity index (χ1) is 11.6. The normalized spacial score (nSPS) is 27.8. The second-order valence-electron chi connectivity index (χ2n) is 7.25. The van der Waals surface area contributed by atoms with E-state index < -0.39 is 0 Å². The molecule has 2 amide bonds. The van der Waals surface area contributed by atoms with Crippen LogP contribution in [0.2, 0.25) is 0 Å². The fraction of sp³-hybridized carbons (Fsp3) is 0.579. The summed E-state index contributed by atoms with van der Waals surface area (Å²) in [7, 11) is 0. The third-order valence-electron chi connectivity index (χ3n) is 5.39. The monoisotopic (exact) mass is 365 g/mol. The molecule has 0 bridgehead atoms. The maximum absolute atomic E-state index is 12.4. The van der Waals surface area contributed by atoms with Crippen LogP contribution in [-0.4, -0.2) is 24.4 Å². The van der Waals surface area contributed by atoms with Crippen molar-refractivity contribution in [2.75, 3.05) is 11.9 Å². The highest BCUT2D eigenvalue weighted by Crippen LogP contribution is 2.38. The lowest BCUT2D eigenvalue weighted by Crippen LogP contribution is -2.44. The third kappa shape index (κ3) is 4.95. The van der Waals surface area contributed by atoms with Gasteiger partial charge in [-0.2, -0.15) is 0 Å². The highest BCUT2D eigenvalue weighted by molar-refractivity contribution is 5.97. The van der Waals surface area contributed by atoms with E-state index in [2.05, 4.69) is 17.6 Å². The van der Waals surface area contributed by atoms with Crippen molar-refractivity contribution in [1.82, 2.24) is 5.32 Å². The van der Waals surface area contributed by atoms with E-state index in [9.17, 15) is 9.59 Å². The van der Waals surface area contributed by atoms with Gasteiger partial charge in [0, 0.05) is 23.2 Å². The maximum atomic E-state index is 12.4. The van der Waals surface area contributed by atoms with Gasteiger partial charge in [0.2, 0.25) is 5.91 Å². The van der Waals surface area contributed by atoms with Crippen molar-refractivity contribution in [2.45, 2.75) is 45.1 Å². The largest absolute Gasteiger partial charge is 0.349 e. The second kappa shape index (κ2) is 8.68. The predicted molar refractivity (Wildman–Crippen MR) is 102 cm³/mol. The molecule has 25 heavy (non-hydrogen) atoms. The summed E-state index contributed by atoms with van der Waals surface area (Å²) in [6.45, 7) is 2.70. The summed E-state index contributed by atoms with van der Waals surface area (Å²) in [6.07, 6.45) is 5.40. The molecule has 4 unspecified atom stereocenters. The van der Waals surface area contributed by atoms with Crippen LogP contribution in [0.25, 0.3) is 0 Å². The van der Waals surface area contributed by atoms with E-state index in [4.69, 9.17) is 5.73 Å². The molecule has 0 heterocycles. The van der Waals surface area contributed by atoms with Crippen LogP contribution in [-0.2, 0) is 4.79 Å². The summed E-state index contributed by atoms with van der Waals surface area (Å²) in [5.74, 6) is 1.03. The number of nitrogens with one attached hydrogen (secondary N) is 2. The Morgan fingerprint density at radius 1 is 1.16 bits per heavy atom. The molecule has 138 valence electrons. The number of carbonyl (C=O) groups excluding carboxylic acids is 2. The lowest BCUT2D eigenvalue weighted by Gasteiger charge is -2.31. The molecule has 0 saturated heterocycles. The Hall–Kier alpha value is -1.59. The van der Waals surface area contributed by atoms with Gasteiger partial charge < -0.3 is 16.4 Å². The van der Waals surface area contributed by atoms with Gasteiger partial charge in [0.15, 0.2) is 0 Å². The molecule has 6 heteroatoms. The number of benzene rings is 1. The summed E-state index contributed by atoms with van der Waals surface area (Å²) in [5, 5.41) is 6.03. The fourth-order valence-electron chi connectivity index (χ4n) is 3.56. The summed E-state index contributed by atoms with van der Waals surface area (Å²) in [4.78, 5) is 24.4. The molecule has 2 aliphatic rings. The number of anilines is 1. The first-order valence-electron chi connectivity index (χ1n) is 9.00. The maximum Gasteiger partial charge on any atom is 0.251 e. The van der Waals surface area contributed by atoms with Crippen molar-refractivity contribution in [2.24, 2.45) is 23.5 Å². The zero-order chi connectivity index (χ0) is 17.1. The van der Waals surface area contributed by atoms with Gasteiger partial charge in [-0.1, -0.05) is 19.8 Å². The van der Waals surface area contributed by atoms with Crippen molar-refractivity contribution in [1.29, 1.82) is 0 Å². The minimum absolute atomic E-state index is 0. The van der Waals surface area contributed by atoms with E-state index in [1.165, 1.54) is 6.42 Å². The second-order valence-corrected chi connectivity index (χ2v) is 7.25. The smallest absolute Gasteiger partial charge is 0.251 e. The van der Waals surface area contributed by atoms with Crippen LogP contribution in [0.4, 0.5) is 5.69 Å². The van der Waals surface area contributed by atoms with Crippen LogP contribution in [0, 0.1) is 17.8 Å². The van der Waals surface area contributed by atoms with Gasteiger partial charge in [-0.15, -0.1) is 12.4 Å². The molecule has 0 radical (unpaired) electrons. The topological polar surface area (TPSA) is 84.2 Å². The quantitative estimate of drug-likeness (QED) is 0.750. The van der Waals surface area contributed by atoms with Crippen LogP contribution in [0.15, 0.2) is 24.3 Å². The number of nitrogens with two attached hydrogens (primary N) is 1. The van der Waals surface area contributed by atoms with E-state index in [-0.39, 0.29) is 36.2 Å². The van der Waals surface area contributed by atoms with Crippen molar-refractivity contribution < 1.29 is 9.59 Å². The van der Waals surface area contributed by atoms with E-state index >= 15 is 0 Å². The average Bonchev–Trinajstić information content (AvgIpc) is 3.33. The zero-order valence-corrected chi connectivity index (χ0v) is 15.5. The Morgan fingerprint density at radius 3 is 2.40 bits per heavy atom. The van der Waals surface area contributed by atoms with Gasteiger partial charge in [-0.05, 0) is 61.9 Å². The first-order valence-corrected chi connectivity index (χ1v) is 9.00. The molecule has 2 fully saturated rings. The Labute approximate surface area is 155 Å². The van der Waals surface area contributed by atoms with Gasteiger partial charge in [0.1, 0.15) is 0 Å². The van der Waals surface area contributed by atoms with E-state index in [1.54, 1.807) is 24.3 Å². The summed E-state index contributed by atoms with van der Waals surface area (Å²) < 4.78 is 0.